The van der Waals surface area contributed by atoms with Crippen LogP contribution in [0.4, 0.5) is 43.4 Å². The van der Waals surface area contributed by atoms with Crippen molar-refractivity contribution < 1.29 is 66.1 Å². The molecule has 4 N–H and O–H groups in total. The molecule has 0 unspecified atom stereocenters. The van der Waals surface area contributed by atoms with Crippen molar-refractivity contribution in [3.8, 4) is 0 Å². The summed E-state index contributed by atoms with van der Waals surface area (Å²) in [6.45, 7) is 0.759. The number of carbonyl (C=O) groups is 2. The molecule has 4 aromatic carbocycles. The molecule has 0 bridgehead atoms. The van der Waals surface area contributed by atoms with E-state index in [4.69, 9.17) is 23.2 Å². The predicted molar refractivity (Wildman–Crippen MR) is 282 cm³/mol. The van der Waals surface area contributed by atoms with Crippen LogP contribution in [-0.2, 0) is 49.1 Å². The number of nitro groups is 1. The Balaban J connectivity index is 0.000000229. The Bertz CT molecular complexity index is 3480. The van der Waals surface area contributed by atoms with Gasteiger partial charge in [-0.25, -0.2) is 25.3 Å². The van der Waals surface area contributed by atoms with Gasteiger partial charge in [0.1, 0.15) is 14.1 Å². The lowest BCUT2D eigenvalue weighted by molar-refractivity contribution is -0.384. The first-order chi connectivity index (χ1) is 36.6. The molecule has 0 spiro atoms. The number of alkyl halides is 6. The van der Waals surface area contributed by atoms with Crippen LogP contribution < -0.4 is 21.3 Å². The Hall–Kier alpha value is -5.85. The second-order valence-corrected chi connectivity index (χ2v) is 26.9. The molecule has 4 heterocycles. The Kier molecular flexibility index (Phi) is 18.9. The highest BCUT2D eigenvalue weighted by atomic mass is 35.5. The Labute approximate surface area is 461 Å². The number of thiophene rings is 2. The van der Waals surface area contributed by atoms with E-state index in [1.54, 1.807) is 60.7 Å². The fourth-order valence-electron chi connectivity index (χ4n) is 8.04. The van der Waals surface area contributed by atoms with Crippen molar-refractivity contribution in [1.82, 2.24) is 19.2 Å². The molecule has 0 saturated carbocycles. The van der Waals surface area contributed by atoms with Gasteiger partial charge < -0.3 is 21.3 Å². The number of halogens is 8. The molecule has 2 saturated heterocycles. The largest absolute Gasteiger partial charge is 0.501 e. The van der Waals surface area contributed by atoms with Gasteiger partial charge in [-0.05, 0) is 123 Å². The Morgan fingerprint density at radius 1 is 0.603 bits per heavy atom. The molecule has 78 heavy (non-hydrogen) atoms. The van der Waals surface area contributed by atoms with E-state index >= 15 is 0 Å². The fraction of sp³-hybridized carbons (Fsp3) is 0.292. The topological polar surface area (TPSA) is 234 Å². The van der Waals surface area contributed by atoms with Crippen LogP contribution in [0.5, 0.6) is 0 Å². The quantitative estimate of drug-likeness (QED) is 0.0403. The highest BCUT2D eigenvalue weighted by Crippen LogP contribution is 2.38. The highest BCUT2D eigenvalue weighted by Gasteiger charge is 2.47. The highest BCUT2D eigenvalue weighted by molar-refractivity contribution is 7.92. The number of sulfonamides is 2. The van der Waals surface area contributed by atoms with Crippen molar-refractivity contribution in [2.24, 2.45) is 0 Å². The molecule has 8 rings (SSSR count). The summed E-state index contributed by atoms with van der Waals surface area (Å²) in [5.41, 5.74) is -6.58. The normalized spacial score (nSPS) is 15.4. The van der Waals surface area contributed by atoms with E-state index in [0.29, 0.717) is 55.9 Å². The van der Waals surface area contributed by atoms with Crippen LogP contribution in [0, 0.1) is 10.1 Å². The molecule has 17 nitrogen and oxygen atoms in total. The van der Waals surface area contributed by atoms with Crippen LogP contribution in [0.2, 0.25) is 10.0 Å². The fourth-order valence-corrected chi connectivity index (χ4v) is 14.9. The van der Waals surface area contributed by atoms with Crippen LogP contribution in [0.15, 0.2) is 129 Å². The van der Waals surface area contributed by atoms with Gasteiger partial charge in [-0.3, -0.25) is 19.7 Å². The minimum atomic E-state index is -5.78. The van der Waals surface area contributed by atoms with E-state index in [0.717, 1.165) is 34.8 Å². The van der Waals surface area contributed by atoms with Crippen LogP contribution in [0.1, 0.15) is 61.7 Å². The summed E-state index contributed by atoms with van der Waals surface area (Å²) >= 11 is 13.7. The van der Waals surface area contributed by atoms with Crippen molar-refractivity contribution >= 4 is 105 Å². The summed E-state index contributed by atoms with van der Waals surface area (Å²) in [5, 5.41) is 23.7. The lowest BCUT2D eigenvalue weighted by Gasteiger charge is -2.32. The van der Waals surface area contributed by atoms with Gasteiger partial charge in [-0.1, -0.05) is 35.3 Å². The standard InChI is InChI=1S/C24H22ClF3N4O7S3.C24H23ClF3N3O3S2/c25-16-3-1-15(2-4-16)23(33)29-14-18-5-8-22(40-18)42(38,39)31-11-9-17(10-12-31)30-20-7-6-19(13-21(20)32(34)35)41(36,37)24(26,27)28;25-17-7-5-16(6-8-17)23(32)29-15-19-9-10-22(35-19)36(33,34)31-13-11-18(12-14-31)30-21-4-2-1-3-20(21)24(26,27)28/h1-8,13,17,30H,9-12,14H2,(H,29,33);1-10,18,30H,11-15H2,(H,29,32). The van der Waals surface area contributed by atoms with Crippen molar-refractivity contribution in [2.45, 2.75) is 75.9 Å². The second-order valence-electron chi connectivity index (χ2n) is 17.4. The van der Waals surface area contributed by atoms with Crippen molar-refractivity contribution in [1.29, 1.82) is 0 Å². The molecule has 0 radical (unpaired) electrons. The maximum Gasteiger partial charge on any atom is 0.501 e. The third-order valence-electron chi connectivity index (χ3n) is 12.2. The maximum absolute atomic E-state index is 13.3. The van der Waals surface area contributed by atoms with Gasteiger partial charge in [0.2, 0.25) is 0 Å². The number of carbonyl (C=O) groups excluding carboxylic acids is 2. The van der Waals surface area contributed by atoms with E-state index in [1.165, 1.54) is 38.9 Å². The summed E-state index contributed by atoms with van der Waals surface area (Å²) in [4.78, 5) is 35.1. The Morgan fingerprint density at radius 3 is 1.44 bits per heavy atom. The van der Waals surface area contributed by atoms with E-state index in [-0.39, 0.29) is 89.8 Å². The molecule has 2 fully saturated rings. The van der Waals surface area contributed by atoms with Gasteiger partial charge in [0.05, 0.1) is 28.5 Å². The number of benzene rings is 4. The summed E-state index contributed by atoms with van der Waals surface area (Å²) in [6, 6.07) is 25.3. The molecular formula is C48H45Cl2F6N7O10S5. The number of hydrogen-bond acceptors (Lipinski definition) is 14. The van der Waals surface area contributed by atoms with Crippen LogP contribution in [-0.4, -0.2) is 94.4 Å². The minimum absolute atomic E-state index is 0.00477. The number of rotatable bonds is 16. The lowest BCUT2D eigenvalue weighted by atomic mass is 10.0. The number of nitrogens with zero attached hydrogens (tertiary/aromatic N) is 3. The van der Waals surface area contributed by atoms with Gasteiger partial charge in [0, 0.05) is 80.9 Å². The number of nitrogens with one attached hydrogen (secondary N) is 4. The number of sulfone groups is 1. The molecule has 2 aromatic heterocycles. The number of hydrogen-bond donors (Lipinski definition) is 4. The molecule has 0 atom stereocenters. The molecule has 2 amide bonds. The molecule has 0 aliphatic carbocycles. The van der Waals surface area contributed by atoms with Crippen molar-refractivity contribution in [3.63, 3.8) is 0 Å². The Morgan fingerprint density at radius 2 is 1.03 bits per heavy atom. The van der Waals surface area contributed by atoms with Crippen LogP contribution in [0.3, 0.4) is 0 Å². The first-order valence-corrected chi connectivity index (χ1v) is 29.9. The zero-order chi connectivity index (χ0) is 56.8. The van der Waals surface area contributed by atoms with Gasteiger partial charge in [0.25, 0.3) is 47.4 Å². The summed E-state index contributed by atoms with van der Waals surface area (Å²) < 4.78 is 157. The van der Waals surface area contributed by atoms with Crippen LogP contribution >= 0.6 is 45.9 Å². The summed E-state index contributed by atoms with van der Waals surface area (Å²) in [5.74, 6) is -0.651. The average Bonchev–Trinajstić information content (AvgIpc) is 4.19. The number of piperidine rings is 2. The second kappa shape index (κ2) is 24.7. The number of anilines is 2. The van der Waals surface area contributed by atoms with Gasteiger partial charge in [-0.15, -0.1) is 22.7 Å². The van der Waals surface area contributed by atoms with Gasteiger partial charge >= 0.3 is 11.7 Å². The van der Waals surface area contributed by atoms with Crippen molar-refractivity contribution in [2.75, 3.05) is 36.8 Å². The minimum Gasteiger partial charge on any atom is -0.382 e. The molecular weight excluding hydrogens is 1180 g/mol. The van der Waals surface area contributed by atoms with E-state index < -0.39 is 68.7 Å². The predicted octanol–water partition coefficient (Wildman–Crippen LogP) is 10.4. The maximum atomic E-state index is 13.3. The van der Waals surface area contributed by atoms with Gasteiger partial charge in [-0.2, -0.15) is 35.0 Å². The van der Waals surface area contributed by atoms with Gasteiger partial charge in [0.15, 0.2) is 0 Å². The molecule has 2 aliphatic heterocycles. The van der Waals surface area contributed by atoms with E-state index in [1.807, 2.05) is 0 Å². The molecule has 30 heteroatoms. The SMILES string of the molecule is O=C(NCc1ccc(S(=O)(=O)N2CCC(Nc3ccc(S(=O)(=O)C(F)(F)F)cc3[N+](=O)[O-])CC2)s1)c1ccc(Cl)cc1.O=C(NCc1ccc(S(=O)(=O)N2CCC(Nc3ccccc3C(F)(F)F)CC2)s1)c1ccc(Cl)cc1. The summed E-state index contributed by atoms with van der Waals surface area (Å²) in [7, 11) is -13.4. The van der Waals surface area contributed by atoms with E-state index in [2.05, 4.69) is 21.3 Å². The zero-order valence-electron chi connectivity index (χ0n) is 40.2. The third-order valence-corrected chi connectivity index (χ3v) is 21.1. The van der Waals surface area contributed by atoms with Crippen LogP contribution in [0.25, 0.3) is 0 Å². The first kappa shape index (κ1) is 59.8. The zero-order valence-corrected chi connectivity index (χ0v) is 45.8. The number of nitro benzene ring substituents is 1. The van der Waals surface area contributed by atoms with E-state index in [9.17, 15) is 71.3 Å². The smallest absolute Gasteiger partial charge is 0.382 e. The molecule has 6 aromatic rings. The average molecular weight is 1230 g/mol. The number of para-hydroxylation sites is 1. The summed E-state index contributed by atoms with van der Waals surface area (Å²) in [6.07, 6.45) is -3.29. The van der Waals surface area contributed by atoms with Crippen molar-refractivity contribution in [3.05, 3.63) is 162 Å². The number of amides is 2. The third kappa shape index (κ3) is 14.7. The molecule has 418 valence electrons. The molecule has 2 aliphatic rings. The first-order valence-electron chi connectivity index (χ1n) is 23.2. The monoisotopic (exact) mass is 1220 g/mol. The lowest BCUT2D eigenvalue weighted by Crippen LogP contribution is -2.42.